The van der Waals surface area contributed by atoms with Crippen molar-refractivity contribution < 1.29 is 0 Å². The predicted octanol–water partition coefficient (Wildman–Crippen LogP) is 2.46. The zero-order chi connectivity index (χ0) is 21.5. The number of aryl methyl sites for hydroxylation is 1. The highest BCUT2D eigenvalue weighted by Crippen LogP contribution is 2.28. The minimum atomic E-state index is -0.135. The Morgan fingerprint density at radius 2 is 2.06 bits per heavy atom. The first kappa shape index (κ1) is 19.2. The molecule has 3 aromatic heterocycles. The van der Waals surface area contributed by atoms with Crippen molar-refractivity contribution >= 4 is 28.4 Å². The minimum absolute atomic E-state index is 0.135. The zero-order valence-corrected chi connectivity index (χ0v) is 18.0. The van der Waals surface area contributed by atoms with Gasteiger partial charge in [0.05, 0.1) is 24.0 Å². The number of rotatable bonds is 4. The van der Waals surface area contributed by atoms with Crippen LogP contribution in [0.1, 0.15) is 38.0 Å². The number of imidazole rings is 1. The van der Waals surface area contributed by atoms with Crippen LogP contribution < -0.4 is 10.7 Å². The Morgan fingerprint density at radius 1 is 1.19 bits per heavy atom. The summed E-state index contributed by atoms with van der Waals surface area (Å²) in [5.41, 5.74) is 7.66. The molecule has 0 saturated carbocycles. The third kappa shape index (κ3) is 3.52. The lowest BCUT2D eigenvalue weighted by atomic mass is 10.2. The van der Waals surface area contributed by atoms with Crippen LogP contribution in [0.15, 0.2) is 53.0 Å². The van der Waals surface area contributed by atoms with Gasteiger partial charge in [0, 0.05) is 24.1 Å². The Balaban J connectivity index is 1.66. The van der Waals surface area contributed by atoms with Crippen molar-refractivity contribution in [2.75, 3.05) is 0 Å². The fourth-order valence-electron chi connectivity index (χ4n) is 3.83. The largest absolute Gasteiger partial charge is 0.368 e. The molecule has 0 amide bonds. The summed E-state index contributed by atoms with van der Waals surface area (Å²) in [7, 11) is 0. The molecule has 158 valence electrons. The lowest BCUT2D eigenvalue weighted by Gasteiger charge is -2.30. The zero-order valence-electron chi connectivity index (χ0n) is 18.0. The first-order valence-electron chi connectivity index (χ1n) is 10.4. The van der Waals surface area contributed by atoms with E-state index >= 15 is 0 Å². The van der Waals surface area contributed by atoms with E-state index in [1.54, 1.807) is 0 Å². The van der Waals surface area contributed by atoms with E-state index in [0.717, 1.165) is 45.6 Å². The van der Waals surface area contributed by atoms with Gasteiger partial charge in [-0.2, -0.15) is 5.10 Å². The van der Waals surface area contributed by atoms with Gasteiger partial charge in [0.25, 0.3) is 0 Å². The molecule has 0 fully saturated rings. The van der Waals surface area contributed by atoms with Gasteiger partial charge in [-0.15, -0.1) is 0 Å². The molecule has 0 spiro atoms. The molecule has 0 saturated heterocycles. The summed E-state index contributed by atoms with van der Waals surface area (Å²) in [6, 6.07) is 8.23. The molecule has 2 aliphatic heterocycles. The lowest BCUT2D eigenvalue weighted by Crippen LogP contribution is -2.52. The molecule has 3 aromatic rings. The van der Waals surface area contributed by atoms with Gasteiger partial charge in [0.2, 0.25) is 0 Å². The summed E-state index contributed by atoms with van der Waals surface area (Å²) in [5, 5.41) is 7.85. The average Bonchev–Trinajstić information content (AvgIpc) is 3.29. The maximum atomic E-state index is 4.95. The number of hydrogen-bond acceptors (Lipinski definition) is 8. The standard InChI is InChI=1S/C22H25N9/c1-13(2)25-20-22-29-28-15(4)30(22)12-18(26-20)21-27-17-10-24-14(3)9-19(17)31(21)11-16-7-5-6-8-23-16/h5-10,12-13,22,29H,11H2,1-4H3,(H,25,26). The Hall–Kier alpha value is -3.75. The molecular weight excluding hydrogens is 390 g/mol. The van der Waals surface area contributed by atoms with Gasteiger partial charge >= 0.3 is 0 Å². The van der Waals surface area contributed by atoms with Crippen molar-refractivity contribution in [3.63, 3.8) is 0 Å². The monoisotopic (exact) mass is 415 g/mol. The average molecular weight is 416 g/mol. The van der Waals surface area contributed by atoms with Crippen LogP contribution in [0.5, 0.6) is 0 Å². The number of hydrazone groups is 1. The quantitative estimate of drug-likeness (QED) is 0.680. The van der Waals surface area contributed by atoms with E-state index in [1.165, 1.54) is 0 Å². The Labute approximate surface area is 180 Å². The van der Waals surface area contributed by atoms with Crippen molar-refractivity contribution in [3.8, 4) is 0 Å². The maximum Gasteiger partial charge on any atom is 0.178 e. The normalized spacial score (nSPS) is 17.9. The summed E-state index contributed by atoms with van der Waals surface area (Å²) < 4.78 is 2.16. The molecule has 0 bridgehead atoms. The van der Waals surface area contributed by atoms with Crippen molar-refractivity contribution in [3.05, 3.63) is 60.1 Å². The van der Waals surface area contributed by atoms with Crippen LogP contribution in [0.2, 0.25) is 0 Å². The molecule has 5 heterocycles. The van der Waals surface area contributed by atoms with Crippen LogP contribution in [0.4, 0.5) is 0 Å². The molecule has 31 heavy (non-hydrogen) atoms. The van der Waals surface area contributed by atoms with Gasteiger partial charge in [-0.1, -0.05) is 6.07 Å². The second kappa shape index (κ2) is 7.50. The number of nitrogens with one attached hydrogen (secondary N) is 2. The number of hydrogen-bond donors (Lipinski definition) is 2. The summed E-state index contributed by atoms with van der Waals surface area (Å²) in [6.07, 6.45) is 5.50. The predicted molar refractivity (Wildman–Crippen MR) is 121 cm³/mol. The molecule has 1 atom stereocenters. The second-order valence-electron chi connectivity index (χ2n) is 8.07. The number of aliphatic imine (C=N–C) groups is 1. The molecule has 9 heteroatoms. The maximum absolute atomic E-state index is 4.95. The van der Waals surface area contributed by atoms with Crippen LogP contribution in [-0.2, 0) is 6.54 Å². The number of amidine groups is 2. The van der Waals surface area contributed by atoms with Crippen molar-refractivity contribution in [2.45, 2.75) is 46.4 Å². The highest BCUT2D eigenvalue weighted by atomic mass is 15.5. The summed E-state index contributed by atoms with van der Waals surface area (Å²) in [4.78, 5) is 20.9. The van der Waals surface area contributed by atoms with E-state index in [2.05, 4.69) is 55.2 Å². The van der Waals surface area contributed by atoms with Crippen LogP contribution in [-0.4, -0.2) is 48.3 Å². The topological polar surface area (TPSA) is 95.6 Å². The van der Waals surface area contributed by atoms with Crippen LogP contribution in [0.25, 0.3) is 16.7 Å². The molecule has 2 N–H and O–H groups in total. The van der Waals surface area contributed by atoms with Crippen molar-refractivity contribution in [1.82, 2.24) is 35.2 Å². The van der Waals surface area contributed by atoms with E-state index in [-0.39, 0.29) is 12.2 Å². The SMILES string of the molecule is CC1=NNC2C(NC(C)C)=NC(c3nc4cnc(C)cc4n3Cc3ccccn3)=CN12. The van der Waals surface area contributed by atoms with E-state index in [0.29, 0.717) is 6.54 Å². The number of nitrogens with zero attached hydrogens (tertiary/aromatic N) is 7. The molecule has 0 aliphatic carbocycles. The molecule has 5 rings (SSSR count). The van der Waals surface area contributed by atoms with Crippen molar-refractivity contribution in [1.29, 1.82) is 0 Å². The molecule has 0 aromatic carbocycles. The van der Waals surface area contributed by atoms with Crippen LogP contribution >= 0.6 is 0 Å². The fraction of sp³-hybridized carbons (Fsp3) is 0.318. The first-order chi connectivity index (χ1) is 15.0. The highest BCUT2D eigenvalue weighted by Gasteiger charge is 2.33. The molecule has 1 unspecified atom stereocenters. The smallest absolute Gasteiger partial charge is 0.178 e. The Morgan fingerprint density at radius 3 is 2.84 bits per heavy atom. The van der Waals surface area contributed by atoms with Gasteiger partial charge in [-0.3, -0.25) is 15.4 Å². The van der Waals surface area contributed by atoms with E-state index in [9.17, 15) is 0 Å². The van der Waals surface area contributed by atoms with Crippen LogP contribution in [0, 0.1) is 6.92 Å². The van der Waals surface area contributed by atoms with Crippen LogP contribution in [0.3, 0.4) is 0 Å². The number of aromatic nitrogens is 4. The fourth-order valence-corrected chi connectivity index (χ4v) is 3.83. The summed E-state index contributed by atoms with van der Waals surface area (Å²) in [5.74, 6) is 2.47. The summed E-state index contributed by atoms with van der Waals surface area (Å²) >= 11 is 0. The first-order valence-corrected chi connectivity index (χ1v) is 10.4. The van der Waals surface area contributed by atoms with Gasteiger partial charge in [-0.25, -0.2) is 9.98 Å². The third-order valence-electron chi connectivity index (χ3n) is 5.24. The lowest BCUT2D eigenvalue weighted by molar-refractivity contribution is 0.452. The molecule has 2 aliphatic rings. The van der Waals surface area contributed by atoms with E-state index in [4.69, 9.17) is 9.98 Å². The van der Waals surface area contributed by atoms with Crippen molar-refractivity contribution in [2.24, 2.45) is 10.1 Å². The van der Waals surface area contributed by atoms with Gasteiger partial charge in [0.15, 0.2) is 12.0 Å². The molecule has 9 nitrogen and oxygen atoms in total. The van der Waals surface area contributed by atoms with E-state index < -0.39 is 0 Å². The summed E-state index contributed by atoms with van der Waals surface area (Å²) in [6.45, 7) is 8.74. The van der Waals surface area contributed by atoms with Gasteiger partial charge < -0.3 is 14.8 Å². The molecular formula is C22H25N9. The number of pyridine rings is 2. The number of fused-ring (bicyclic) bond motifs is 2. The van der Waals surface area contributed by atoms with Gasteiger partial charge in [0.1, 0.15) is 22.9 Å². The Bertz CT molecular complexity index is 1220. The van der Waals surface area contributed by atoms with E-state index in [1.807, 2.05) is 50.6 Å². The Kier molecular flexibility index (Phi) is 4.65. The molecule has 0 radical (unpaired) electrons. The van der Waals surface area contributed by atoms with Gasteiger partial charge in [-0.05, 0) is 45.9 Å². The second-order valence-corrected chi connectivity index (χ2v) is 8.07. The third-order valence-corrected chi connectivity index (χ3v) is 5.24. The minimum Gasteiger partial charge on any atom is -0.368 e. The highest BCUT2D eigenvalue weighted by molar-refractivity contribution is 6.00.